The van der Waals surface area contributed by atoms with Crippen molar-refractivity contribution in [2.75, 3.05) is 6.54 Å². The predicted molar refractivity (Wildman–Crippen MR) is 61.6 cm³/mol. The second-order valence-electron chi connectivity index (χ2n) is 5.25. The SMILES string of the molecule is CC1CN(C(=O)OC(C)(C)C)S(=O)(=O)OC1C. The molecule has 2 atom stereocenters. The van der Waals surface area contributed by atoms with Gasteiger partial charge in [-0.1, -0.05) is 6.92 Å². The van der Waals surface area contributed by atoms with Crippen LogP contribution in [0.5, 0.6) is 0 Å². The van der Waals surface area contributed by atoms with E-state index in [-0.39, 0.29) is 12.5 Å². The van der Waals surface area contributed by atoms with Crippen molar-refractivity contribution in [3.05, 3.63) is 0 Å². The molecule has 1 rings (SSSR count). The fourth-order valence-corrected chi connectivity index (χ4v) is 2.63. The van der Waals surface area contributed by atoms with E-state index >= 15 is 0 Å². The summed E-state index contributed by atoms with van der Waals surface area (Å²) in [5, 5.41) is 0. The summed E-state index contributed by atoms with van der Waals surface area (Å²) in [6.07, 6.45) is -1.32. The van der Waals surface area contributed by atoms with Crippen molar-refractivity contribution in [2.45, 2.75) is 46.3 Å². The zero-order chi connectivity index (χ0) is 13.4. The quantitative estimate of drug-likeness (QED) is 0.664. The zero-order valence-electron chi connectivity index (χ0n) is 10.8. The molecule has 0 aromatic heterocycles. The Balaban J connectivity index is 2.86. The van der Waals surface area contributed by atoms with Crippen LogP contribution in [0.3, 0.4) is 0 Å². The standard InChI is InChI=1S/C10H19NO5S/c1-7-6-11(9(12)15-10(3,4)5)17(13,14)16-8(7)2/h7-8H,6H2,1-5H3. The molecule has 0 radical (unpaired) electrons. The van der Waals surface area contributed by atoms with Crippen molar-refractivity contribution in [1.82, 2.24) is 4.31 Å². The summed E-state index contributed by atoms with van der Waals surface area (Å²) in [5.41, 5.74) is -0.737. The van der Waals surface area contributed by atoms with Gasteiger partial charge in [0.25, 0.3) is 0 Å². The topological polar surface area (TPSA) is 72.9 Å². The molecule has 0 N–H and O–H groups in total. The summed E-state index contributed by atoms with van der Waals surface area (Å²) in [6, 6.07) is 0. The van der Waals surface area contributed by atoms with Gasteiger partial charge in [0.05, 0.1) is 6.10 Å². The summed E-state index contributed by atoms with van der Waals surface area (Å²) in [5.74, 6) is -0.0638. The highest BCUT2D eigenvalue weighted by Gasteiger charge is 2.40. The lowest BCUT2D eigenvalue weighted by molar-refractivity contribution is 0.0228. The molecule has 0 saturated carbocycles. The third-order valence-corrected chi connectivity index (χ3v) is 3.78. The van der Waals surface area contributed by atoms with Crippen LogP contribution in [-0.2, 0) is 19.2 Å². The lowest BCUT2D eigenvalue weighted by Gasteiger charge is -2.34. The van der Waals surface area contributed by atoms with Gasteiger partial charge in [-0.25, -0.2) is 4.79 Å². The normalized spacial score (nSPS) is 28.9. The van der Waals surface area contributed by atoms with E-state index in [9.17, 15) is 13.2 Å². The van der Waals surface area contributed by atoms with E-state index in [0.29, 0.717) is 4.31 Å². The molecular weight excluding hydrogens is 246 g/mol. The Kier molecular flexibility index (Phi) is 3.73. The maximum atomic E-state index is 11.7. The van der Waals surface area contributed by atoms with E-state index in [1.807, 2.05) is 6.92 Å². The number of carbonyl (C=O) groups excluding carboxylic acids is 1. The Morgan fingerprint density at radius 1 is 1.35 bits per heavy atom. The first-order valence-electron chi connectivity index (χ1n) is 5.47. The number of hydrogen-bond acceptors (Lipinski definition) is 5. The molecule has 0 aromatic carbocycles. The van der Waals surface area contributed by atoms with Crippen molar-refractivity contribution < 1.29 is 22.1 Å². The van der Waals surface area contributed by atoms with E-state index in [2.05, 4.69) is 0 Å². The number of rotatable bonds is 0. The Hall–Kier alpha value is -0.820. The molecule has 1 aliphatic rings. The van der Waals surface area contributed by atoms with Crippen molar-refractivity contribution in [3.8, 4) is 0 Å². The molecule has 100 valence electrons. The van der Waals surface area contributed by atoms with Gasteiger partial charge in [0.2, 0.25) is 0 Å². The number of carbonyl (C=O) groups is 1. The monoisotopic (exact) mass is 265 g/mol. The summed E-state index contributed by atoms with van der Waals surface area (Å²) >= 11 is 0. The fraction of sp³-hybridized carbons (Fsp3) is 0.900. The summed E-state index contributed by atoms with van der Waals surface area (Å²) in [6.45, 7) is 8.58. The first kappa shape index (κ1) is 14.2. The molecule has 7 heteroatoms. The number of amides is 1. The minimum absolute atomic E-state index is 0.0638. The smallest absolute Gasteiger partial charge is 0.425 e. The molecule has 0 spiro atoms. The molecular formula is C10H19NO5S. The van der Waals surface area contributed by atoms with Gasteiger partial charge in [-0.3, -0.25) is 4.18 Å². The lowest BCUT2D eigenvalue weighted by Crippen LogP contribution is -2.50. The number of ether oxygens (including phenoxy) is 1. The second kappa shape index (κ2) is 4.45. The van der Waals surface area contributed by atoms with Gasteiger partial charge in [-0.05, 0) is 27.7 Å². The average molecular weight is 265 g/mol. The second-order valence-corrected chi connectivity index (χ2v) is 6.74. The molecule has 0 bridgehead atoms. The minimum Gasteiger partial charge on any atom is -0.443 e. The van der Waals surface area contributed by atoms with E-state index < -0.39 is 28.1 Å². The average Bonchev–Trinajstić information content (AvgIpc) is 2.07. The van der Waals surface area contributed by atoms with Crippen LogP contribution in [0.4, 0.5) is 4.79 Å². The molecule has 1 amide bonds. The van der Waals surface area contributed by atoms with E-state index in [0.717, 1.165) is 0 Å². The van der Waals surface area contributed by atoms with Crippen LogP contribution in [0, 0.1) is 5.92 Å². The van der Waals surface area contributed by atoms with Gasteiger partial charge < -0.3 is 4.74 Å². The largest absolute Gasteiger partial charge is 0.443 e. The summed E-state index contributed by atoms with van der Waals surface area (Å²) in [7, 11) is -4.02. The van der Waals surface area contributed by atoms with Crippen LogP contribution in [0.2, 0.25) is 0 Å². The molecule has 6 nitrogen and oxygen atoms in total. The molecule has 0 aliphatic carbocycles. The zero-order valence-corrected chi connectivity index (χ0v) is 11.6. The van der Waals surface area contributed by atoms with Crippen LogP contribution in [0.1, 0.15) is 34.6 Å². The molecule has 0 aromatic rings. The van der Waals surface area contributed by atoms with Gasteiger partial charge in [-0.15, -0.1) is 0 Å². The van der Waals surface area contributed by atoms with Crippen molar-refractivity contribution >= 4 is 16.4 Å². The molecule has 1 fully saturated rings. The predicted octanol–water partition coefficient (Wildman–Crippen LogP) is 1.52. The Bertz CT molecular complexity index is 397. The first-order chi connectivity index (χ1) is 7.53. The van der Waals surface area contributed by atoms with Crippen molar-refractivity contribution in [1.29, 1.82) is 0 Å². The molecule has 1 heterocycles. The molecule has 2 unspecified atom stereocenters. The van der Waals surface area contributed by atoms with E-state index in [4.69, 9.17) is 8.92 Å². The highest BCUT2D eigenvalue weighted by atomic mass is 32.2. The van der Waals surface area contributed by atoms with Gasteiger partial charge in [0.1, 0.15) is 5.60 Å². The van der Waals surface area contributed by atoms with Gasteiger partial charge in [0.15, 0.2) is 0 Å². The Morgan fingerprint density at radius 3 is 2.35 bits per heavy atom. The van der Waals surface area contributed by atoms with Crippen LogP contribution < -0.4 is 0 Å². The van der Waals surface area contributed by atoms with Gasteiger partial charge >= 0.3 is 16.4 Å². The Morgan fingerprint density at radius 2 is 1.88 bits per heavy atom. The maximum absolute atomic E-state index is 11.7. The molecule has 1 saturated heterocycles. The lowest BCUT2D eigenvalue weighted by atomic mass is 10.1. The van der Waals surface area contributed by atoms with E-state index in [1.165, 1.54) is 0 Å². The third-order valence-electron chi connectivity index (χ3n) is 2.40. The van der Waals surface area contributed by atoms with Crippen LogP contribution in [0.25, 0.3) is 0 Å². The summed E-state index contributed by atoms with van der Waals surface area (Å²) < 4.78 is 33.8. The van der Waals surface area contributed by atoms with Gasteiger partial charge in [-0.2, -0.15) is 12.7 Å². The van der Waals surface area contributed by atoms with Crippen molar-refractivity contribution in [2.24, 2.45) is 5.92 Å². The maximum Gasteiger partial charge on any atom is 0.425 e. The van der Waals surface area contributed by atoms with Crippen LogP contribution in [0.15, 0.2) is 0 Å². The highest BCUT2D eigenvalue weighted by molar-refractivity contribution is 7.84. The third kappa shape index (κ3) is 3.57. The first-order valence-corrected chi connectivity index (χ1v) is 6.83. The van der Waals surface area contributed by atoms with Crippen LogP contribution in [-0.4, -0.2) is 37.1 Å². The van der Waals surface area contributed by atoms with Crippen molar-refractivity contribution in [3.63, 3.8) is 0 Å². The molecule has 17 heavy (non-hydrogen) atoms. The molecule has 1 aliphatic heterocycles. The number of hydrogen-bond donors (Lipinski definition) is 0. The van der Waals surface area contributed by atoms with Gasteiger partial charge in [0, 0.05) is 12.5 Å². The van der Waals surface area contributed by atoms with E-state index in [1.54, 1.807) is 27.7 Å². The highest BCUT2D eigenvalue weighted by Crippen LogP contribution is 2.24. The van der Waals surface area contributed by atoms with Crippen LogP contribution >= 0.6 is 0 Å². The Labute approximate surface area is 102 Å². The fourth-order valence-electron chi connectivity index (χ4n) is 1.32. The number of nitrogens with zero attached hydrogens (tertiary/aromatic N) is 1. The minimum atomic E-state index is -4.02. The summed E-state index contributed by atoms with van der Waals surface area (Å²) in [4.78, 5) is 11.7.